The summed E-state index contributed by atoms with van der Waals surface area (Å²) in [6.07, 6.45) is 11.4. The highest BCUT2D eigenvalue weighted by molar-refractivity contribution is 9.47. The predicted molar refractivity (Wildman–Crippen MR) is 69.4 cm³/mol. The minimum atomic E-state index is 0.0417. The van der Waals surface area contributed by atoms with Crippen LogP contribution in [0, 0.1) is 12.8 Å². The number of rotatable bonds is 3. The largest absolute Gasteiger partial charge is 0.560 e. The molecule has 1 rings (SSSR count). The molecule has 0 saturated heterocycles. The lowest BCUT2D eigenvalue weighted by Gasteiger charge is -2.20. The standard InChI is InChI=1S/C10H19.2BrH.Mg/c1-2-3-7-10-8-5-4-6-9-10;;;/h10H,1-9H2;2*1H;/q;;;+2/p-2. The van der Waals surface area contributed by atoms with Crippen molar-refractivity contribution in [1.82, 2.24) is 0 Å². The summed E-state index contributed by atoms with van der Waals surface area (Å²) in [4.78, 5) is 0. The van der Waals surface area contributed by atoms with Crippen LogP contribution in [0.15, 0.2) is 0 Å². The Labute approximate surface area is 105 Å². The van der Waals surface area contributed by atoms with Gasteiger partial charge in [0.25, 0.3) is 0 Å². The number of hydrogen-bond donors (Lipinski definition) is 0. The van der Waals surface area contributed by atoms with Gasteiger partial charge in [0.1, 0.15) is 0 Å². The first kappa shape index (κ1) is 14.7. The zero-order chi connectivity index (χ0) is 9.94. The average Bonchev–Trinajstić information content (AvgIpc) is 2.18. The van der Waals surface area contributed by atoms with Gasteiger partial charge in [-0.2, -0.15) is 0 Å². The first-order valence-corrected chi connectivity index (χ1v) is 13.1. The van der Waals surface area contributed by atoms with E-state index in [0.29, 0.717) is 0 Å². The smallest absolute Gasteiger partial charge is 0.280 e. The van der Waals surface area contributed by atoms with Gasteiger partial charge >= 0.3 is 16.0 Å². The van der Waals surface area contributed by atoms with E-state index in [0.717, 1.165) is 12.3 Å². The topological polar surface area (TPSA) is 0 Å². The summed E-state index contributed by atoms with van der Waals surface area (Å²) >= 11 is 6.44. The summed E-state index contributed by atoms with van der Waals surface area (Å²) in [6.45, 7) is 3.87. The number of unbranched alkanes of at least 4 members (excludes halogenated alkanes) is 1. The van der Waals surface area contributed by atoms with Crippen LogP contribution in [0.4, 0.5) is 0 Å². The molecular formula is C10H19Br2Mg. The summed E-state index contributed by atoms with van der Waals surface area (Å²) in [5.74, 6) is 1.07. The second-order valence-electron chi connectivity index (χ2n) is 3.60. The molecule has 1 aliphatic carbocycles. The highest BCUT2D eigenvalue weighted by atomic mass is 79.9. The molecule has 0 aromatic heterocycles. The number of halogens is 2. The SMILES string of the molecule is [Br][Mg][Br].[CH2]CCCC1CCCCC1. The maximum Gasteiger partial charge on any atom is 0.560 e. The minimum Gasteiger partial charge on any atom is -0.280 e. The van der Waals surface area contributed by atoms with Gasteiger partial charge in [0.05, 0.1) is 0 Å². The minimum absolute atomic E-state index is 0.0417. The molecule has 1 radical (unpaired) electrons. The first-order valence-electron chi connectivity index (χ1n) is 5.26. The van der Waals surface area contributed by atoms with Crippen LogP contribution in [0.25, 0.3) is 0 Å². The van der Waals surface area contributed by atoms with E-state index in [9.17, 15) is 0 Å². The zero-order valence-corrected chi connectivity index (χ0v) is 13.0. The van der Waals surface area contributed by atoms with E-state index >= 15 is 0 Å². The Morgan fingerprint density at radius 1 is 1.15 bits per heavy atom. The molecule has 1 aliphatic rings. The van der Waals surface area contributed by atoms with Crippen LogP contribution < -0.4 is 0 Å². The second-order valence-corrected chi connectivity index (χ2v) is 11.7. The third kappa shape index (κ3) is 10.0. The molecule has 0 N–H and O–H groups in total. The molecular weight excluding hydrogens is 304 g/mol. The molecule has 0 aliphatic heterocycles. The molecule has 0 atom stereocenters. The van der Waals surface area contributed by atoms with Crippen LogP contribution >= 0.6 is 25.8 Å². The average molecular weight is 323 g/mol. The molecule has 1 fully saturated rings. The summed E-state index contributed by atoms with van der Waals surface area (Å²) in [7, 11) is 0. The van der Waals surface area contributed by atoms with Crippen molar-refractivity contribution in [2.24, 2.45) is 5.92 Å². The quantitative estimate of drug-likeness (QED) is 0.649. The Balaban J connectivity index is 0.000000424. The molecule has 13 heavy (non-hydrogen) atoms. The van der Waals surface area contributed by atoms with Crippen molar-refractivity contribution in [3.8, 4) is 0 Å². The van der Waals surface area contributed by atoms with Crippen molar-refractivity contribution in [3.05, 3.63) is 6.92 Å². The fourth-order valence-electron chi connectivity index (χ4n) is 1.91. The van der Waals surface area contributed by atoms with E-state index in [1.165, 1.54) is 44.9 Å². The third-order valence-electron chi connectivity index (χ3n) is 2.59. The molecule has 0 bridgehead atoms. The maximum absolute atomic E-state index is 3.87. The van der Waals surface area contributed by atoms with Crippen LogP contribution in [-0.4, -0.2) is 16.0 Å². The molecule has 0 nitrogen and oxygen atoms in total. The molecule has 0 heterocycles. The Bertz CT molecular complexity index is 92.9. The van der Waals surface area contributed by atoms with Crippen molar-refractivity contribution in [3.63, 3.8) is 0 Å². The van der Waals surface area contributed by atoms with Gasteiger partial charge < -0.3 is 0 Å². The van der Waals surface area contributed by atoms with Crippen LogP contribution in [0.3, 0.4) is 0 Å². The third-order valence-corrected chi connectivity index (χ3v) is 2.59. The number of hydrogen-bond acceptors (Lipinski definition) is 0. The van der Waals surface area contributed by atoms with Crippen LogP contribution in [0.5, 0.6) is 0 Å². The Morgan fingerprint density at radius 3 is 2.15 bits per heavy atom. The van der Waals surface area contributed by atoms with Gasteiger partial charge in [0.15, 0.2) is 0 Å². The Hall–Kier alpha value is 1.73. The first-order chi connectivity index (χ1) is 6.35. The molecule has 0 aromatic carbocycles. The second kappa shape index (κ2) is 11.8. The van der Waals surface area contributed by atoms with Gasteiger partial charge in [-0.25, -0.2) is 0 Å². The predicted octanol–water partition coefficient (Wildman–Crippen LogP) is 4.88. The van der Waals surface area contributed by atoms with Crippen molar-refractivity contribution in [2.45, 2.75) is 51.4 Å². The molecule has 0 unspecified atom stereocenters. The van der Waals surface area contributed by atoms with Crippen molar-refractivity contribution in [2.75, 3.05) is 0 Å². The van der Waals surface area contributed by atoms with Gasteiger partial charge in [-0.3, -0.25) is 25.8 Å². The fourth-order valence-corrected chi connectivity index (χ4v) is 1.91. The lowest BCUT2D eigenvalue weighted by molar-refractivity contribution is 0.333. The van der Waals surface area contributed by atoms with E-state index < -0.39 is 0 Å². The highest BCUT2D eigenvalue weighted by Crippen LogP contribution is 2.27. The normalized spacial score (nSPS) is 17.2. The Morgan fingerprint density at radius 2 is 1.69 bits per heavy atom. The fraction of sp³-hybridized carbons (Fsp3) is 0.900. The summed E-state index contributed by atoms with van der Waals surface area (Å²) in [5, 5.41) is 0. The molecule has 0 aromatic rings. The van der Waals surface area contributed by atoms with Gasteiger partial charge in [-0.15, -0.1) is 0 Å². The van der Waals surface area contributed by atoms with E-state index in [2.05, 4.69) is 32.7 Å². The van der Waals surface area contributed by atoms with Crippen molar-refractivity contribution < 1.29 is 0 Å². The van der Waals surface area contributed by atoms with Gasteiger partial charge in [0, 0.05) is 0 Å². The highest BCUT2D eigenvalue weighted by Gasteiger charge is 2.11. The monoisotopic (exact) mass is 321 g/mol. The maximum atomic E-state index is 3.87. The van der Waals surface area contributed by atoms with E-state index in [-0.39, 0.29) is 16.0 Å². The van der Waals surface area contributed by atoms with E-state index in [1.54, 1.807) is 0 Å². The van der Waals surface area contributed by atoms with Gasteiger partial charge in [-0.1, -0.05) is 58.3 Å². The molecule has 3 heteroatoms. The molecule has 0 amide bonds. The van der Waals surface area contributed by atoms with E-state index in [1.807, 2.05) is 0 Å². The lowest BCUT2D eigenvalue weighted by atomic mass is 9.86. The molecule has 75 valence electrons. The Kier molecular flexibility index (Phi) is 13.4. The van der Waals surface area contributed by atoms with Crippen LogP contribution in [0.2, 0.25) is 0 Å². The lowest BCUT2D eigenvalue weighted by Crippen LogP contribution is -2.05. The summed E-state index contributed by atoms with van der Waals surface area (Å²) in [5.41, 5.74) is 0. The molecule has 0 spiro atoms. The van der Waals surface area contributed by atoms with Gasteiger partial charge in [-0.05, 0) is 5.92 Å². The van der Waals surface area contributed by atoms with E-state index in [4.69, 9.17) is 0 Å². The van der Waals surface area contributed by atoms with Gasteiger partial charge in [0.2, 0.25) is 0 Å². The van der Waals surface area contributed by atoms with Crippen LogP contribution in [0.1, 0.15) is 51.4 Å². The zero-order valence-electron chi connectivity index (χ0n) is 8.40. The molecule has 1 saturated carbocycles. The van der Waals surface area contributed by atoms with Crippen molar-refractivity contribution >= 4 is 41.8 Å². The van der Waals surface area contributed by atoms with Crippen LogP contribution in [-0.2, 0) is 0 Å². The summed E-state index contributed by atoms with van der Waals surface area (Å²) < 4.78 is 0. The summed E-state index contributed by atoms with van der Waals surface area (Å²) in [6, 6.07) is 0. The van der Waals surface area contributed by atoms with Crippen molar-refractivity contribution in [1.29, 1.82) is 0 Å².